The van der Waals surface area contributed by atoms with Crippen LogP contribution in [0.3, 0.4) is 0 Å². The molecule has 8 nitrogen and oxygen atoms in total. The summed E-state index contributed by atoms with van der Waals surface area (Å²) in [5.74, 6) is -0.746. The predicted molar refractivity (Wildman–Crippen MR) is 137 cm³/mol. The third kappa shape index (κ3) is 5.93. The fourth-order valence-electron chi connectivity index (χ4n) is 4.06. The Morgan fingerprint density at radius 2 is 1.80 bits per heavy atom. The number of hydrogen-bond donors (Lipinski definition) is 4. The topological polar surface area (TPSA) is 120 Å². The van der Waals surface area contributed by atoms with Crippen LogP contribution >= 0.6 is 11.3 Å². The first kappa shape index (κ1) is 24.2. The van der Waals surface area contributed by atoms with Gasteiger partial charge in [-0.15, -0.1) is 11.3 Å². The van der Waals surface area contributed by atoms with E-state index in [1.807, 2.05) is 63.4 Å². The number of imidazole rings is 1. The Morgan fingerprint density at radius 3 is 2.43 bits per heavy atom. The summed E-state index contributed by atoms with van der Waals surface area (Å²) >= 11 is 1.58. The van der Waals surface area contributed by atoms with Gasteiger partial charge in [0, 0.05) is 30.6 Å². The Balaban J connectivity index is 1.41. The zero-order chi connectivity index (χ0) is 24.9. The van der Waals surface area contributed by atoms with Gasteiger partial charge >= 0.3 is 5.97 Å². The van der Waals surface area contributed by atoms with E-state index in [0.29, 0.717) is 18.1 Å². The molecule has 4 rings (SSSR count). The molecular weight excluding hydrogens is 462 g/mol. The monoisotopic (exact) mass is 489 g/mol. The van der Waals surface area contributed by atoms with Crippen LogP contribution in [0.2, 0.25) is 0 Å². The summed E-state index contributed by atoms with van der Waals surface area (Å²) in [6, 6.07) is 10.5. The molecule has 1 atom stereocenters. The molecular formula is C26H27N5O3S. The maximum Gasteiger partial charge on any atom is 0.326 e. The second-order valence-electron chi connectivity index (χ2n) is 8.45. The van der Waals surface area contributed by atoms with Crippen molar-refractivity contribution in [1.29, 1.82) is 0 Å². The van der Waals surface area contributed by atoms with E-state index >= 15 is 0 Å². The summed E-state index contributed by atoms with van der Waals surface area (Å²) < 4.78 is 0. The normalized spacial score (nSPS) is 11.7. The third-order valence-corrected chi connectivity index (χ3v) is 6.69. The molecule has 2 aromatic carbocycles. The van der Waals surface area contributed by atoms with Gasteiger partial charge in [0.05, 0.1) is 11.4 Å². The van der Waals surface area contributed by atoms with Crippen molar-refractivity contribution in [3.8, 4) is 10.4 Å². The van der Waals surface area contributed by atoms with Gasteiger partial charge in [0.2, 0.25) is 0 Å². The minimum atomic E-state index is -1.07. The van der Waals surface area contributed by atoms with E-state index in [1.165, 1.54) is 0 Å². The van der Waals surface area contributed by atoms with Crippen molar-refractivity contribution in [2.45, 2.75) is 39.8 Å². The van der Waals surface area contributed by atoms with Gasteiger partial charge in [-0.25, -0.2) is 14.8 Å². The quantitative estimate of drug-likeness (QED) is 0.275. The number of aliphatic carboxylic acids is 1. The summed E-state index contributed by atoms with van der Waals surface area (Å²) in [5.41, 5.74) is 5.07. The average molecular weight is 490 g/mol. The van der Waals surface area contributed by atoms with Gasteiger partial charge in [-0.3, -0.25) is 4.79 Å². The number of aromatic nitrogens is 3. The molecule has 1 amide bonds. The molecule has 0 saturated carbocycles. The van der Waals surface area contributed by atoms with Crippen molar-refractivity contribution in [2.75, 3.05) is 5.32 Å². The minimum Gasteiger partial charge on any atom is -0.480 e. The third-order valence-electron chi connectivity index (χ3n) is 5.64. The zero-order valence-corrected chi connectivity index (χ0v) is 20.6. The molecule has 180 valence electrons. The molecule has 35 heavy (non-hydrogen) atoms. The molecule has 0 aliphatic heterocycles. The summed E-state index contributed by atoms with van der Waals surface area (Å²) in [4.78, 5) is 37.4. The largest absolute Gasteiger partial charge is 0.480 e. The fraction of sp³-hybridized carbons (Fsp3) is 0.231. The second-order valence-corrected chi connectivity index (χ2v) is 9.56. The summed E-state index contributed by atoms with van der Waals surface area (Å²) in [7, 11) is 0. The van der Waals surface area contributed by atoms with Gasteiger partial charge in [-0.1, -0.05) is 42.0 Å². The average Bonchev–Trinajstić information content (AvgIpc) is 3.49. The molecule has 1 unspecified atom stereocenters. The van der Waals surface area contributed by atoms with Crippen LogP contribution in [-0.4, -0.2) is 38.0 Å². The van der Waals surface area contributed by atoms with Crippen LogP contribution in [0.25, 0.3) is 10.4 Å². The first-order valence-electron chi connectivity index (χ1n) is 11.2. The lowest BCUT2D eigenvalue weighted by Gasteiger charge is -2.17. The first-order valence-corrected chi connectivity index (χ1v) is 12.0. The number of amides is 1. The summed E-state index contributed by atoms with van der Waals surface area (Å²) in [6.45, 7) is 6.26. The van der Waals surface area contributed by atoms with Crippen molar-refractivity contribution >= 4 is 29.2 Å². The second kappa shape index (κ2) is 10.5. The smallest absolute Gasteiger partial charge is 0.326 e. The Kier molecular flexibility index (Phi) is 7.26. The van der Waals surface area contributed by atoms with Crippen molar-refractivity contribution in [1.82, 2.24) is 20.3 Å². The van der Waals surface area contributed by atoms with Crippen LogP contribution in [0, 0.1) is 20.8 Å². The van der Waals surface area contributed by atoms with Gasteiger partial charge in [-0.2, -0.15) is 0 Å². The number of benzene rings is 2. The predicted octanol–water partition coefficient (Wildman–Crippen LogP) is 4.50. The Labute approximate surface area is 207 Å². The molecule has 0 aliphatic rings. The molecule has 4 N–H and O–H groups in total. The molecule has 0 bridgehead atoms. The highest BCUT2D eigenvalue weighted by Gasteiger charge is 2.23. The van der Waals surface area contributed by atoms with Crippen LogP contribution in [0.4, 0.5) is 5.95 Å². The van der Waals surface area contributed by atoms with Crippen LogP contribution in [0.15, 0.2) is 55.0 Å². The highest BCUT2D eigenvalue weighted by molar-refractivity contribution is 7.15. The number of nitrogens with one attached hydrogen (secondary N) is 3. The number of anilines is 1. The van der Waals surface area contributed by atoms with Crippen LogP contribution in [-0.2, 0) is 17.8 Å². The van der Waals surface area contributed by atoms with Crippen LogP contribution < -0.4 is 10.6 Å². The number of aryl methyl sites for hydroxylation is 3. The molecule has 0 fully saturated rings. The number of H-pyrrole nitrogens is 1. The maximum absolute atomic E-state index is 12.9. The van der Waals surface area contributed by atoms with E-state index in [1.54, 1.807) is 23.7 Å². The molecule has 0 radical (unpaired) electrons. The number of carboxylic acids is 1. The van der Waals surface area contributed by atoms with Crippen molar-refractivity contribution in [3.63, 3.8) is 0 Å². The highest BCUT2D eigenvalue weighted by Crippen LogP contribution is 2.27. The number of rotatable bonds is 9. The number of carboxylic acid groups (broad SMARTS) is 1. The van der Waals surface area contributed by atoms with Gasteiger partial charge in [0.1, 0.15) is 11.0 Å². The van der Waals surface area contributed by atoms with Gasteiger partial charge in [0.25, 0.3) is 5.91 Å². The SMILES string of the molecule is Cc1cc(C)c(C(=O)NC(Cc2ccc(-c3cnc(CNc4ncc[nH]4)s3)cc2)C(=O)O)c(C)c1. The van der Waals surface area contributed by atoms with Crippen molar-refractivity contribution < 1.29 is 14.7 Å². The molecule has 0 spiro atoms. The lowest BCUT2D eigenvalue weighted by atomic mass is 9.98. The van der Waals surface area contributed by atoms with E-state index in [9.17, 15) is 14.7 Å². The number of carbonyl (C=O) groups excluding carboxylic acids is 1. The van der Waals surface area contributed by atoms with Crippen molar-refractivity contribution in [3.05, 3.63) is 87.8 Å². The van der Waals surface area contributed by atoms with E-state index in [0.717, 1.165) is 37.7 Å². The maximum atomic E-state index is 12.9. The van der Waals surface area contributed by atoms with Crippen molar-refractivity contribution in [2.24, 2.45) is 0 Å². The number of hydrogen-bond acceptors (Lipinski definition) is 6. The molecule has 4 aromatic rings. The lowest BCUT2D eigenvalue weighted by molar-refractivity contribution is -0.139. The number of thiazole rings is 1. The molecule has 2 aromatic heterocycles. The highest BCUT2D eigenvalue weighted by atomic mass is 32.1. The van der Waals surface area contributed by atoms with E-state index in [2.05, 4.69) is 25.6 Å². The molecule has 9 heteroatoms. The van der Waals surface area contributed by atoms with Crippen LogP contribution in [0.1, 0.15) is 37.6 Å². The van der Waals surface area contributed by atoms with E-state index in [4.69, 9.17) is 0 Å². The standard InChI is InChI=1S/C26H27N5O3S/c1-15-10-16(2)23(17(3)11-15)24(32)31-20(25(33)34)12-18-4-6-19(7-5-18)21-13-29-22(35-21)14-30-26-27-8-9-28-26/h4-11,13,20H,12,14H2,1-3H3,(H,31,32)(H,33,34)(H2,27,28,30). The Bertz CT molecular complexity index is 1310. The summed E-state index contributed by atoms with van der Waals surface area (Å²) in [5, 5.41) is 16.5. The Morgan fingerprint density at radius 1 is 1.09 bits per heavy atom. The Hall–Kier alpha value is -3.98. The van der Waals surface area contributed by atoms with Gasteiger partial charge < -0.3 is 20.7 Å². The van der Waals surface area contributed by atoms with Gasteiger partial charge in [-0.05, 0) is 43.0 Å². The minimum absolute atomic E-state index is 0.187. The lowest BCUT2D eigenvalue weighted by Crippen LogP contribution is -2.42. The number of carbonyl (C=O) groups is 2. The van der Waals surface area contributed by atoms with E-state index in [-0.39, 0.29) is 12.3 Å². The van der Waals surface area contributed by atoms with Gasteiger partial charge in [0.15, 0.2) is 5.95 Å². The van der Waals surface area contributed by atoms with Crippen LogP contribution in [0.5, 0.6) is 0 Å². The summed E-state index contributed by atoms with van der Waals surface area (Å²) in [6.07, 6.45) is 5.45. The first-order chi connectivity index (χ1) is 16.8. The molecule has 2 heterocycles. The zero-order valence-electron chi connectivity index (χ0n) is 19.8. The number of nitrogens with zero attached hydrogens (tertiary/aromatic N) is 2. The van der Waals surface area contributed by atoms with E-state index < -0.39 is 12.0 Å². The molecule has 0 saturated heterocycles. The molecule has 0 aliphatic carbocycles. The number of aromatic amines is 1. The fourth-order valence-corrected chi connectivity index (χ4v) is 4.92.